The molecule has 0 bridgehead atoms. The van der Waals surface area contributed by atoms with E-state index in [1.165, 1.54) is 0 Å². The highest BCUT2D eigenvalue weighted by Crippen LogP contribution is 2.08. The number of hydrogen-bond donors (Lipinski definition) is 0. The Balaban J connectivity index is 2.12. The lowest BCUT2D eigenvalue weighted by atomic mass is 10.2. The average molecular weight is 258 g/mol. The normalized spacial score (nSPS) is 10.7. The number of pyridine rings is 1. The van der Waals surface area contributed by atoms with Gasteiger partial charge in [-0.05, 0) is 18.1 Å². The highest BCUT2D eigenvalue weighted by atomic mass is 16.2. The Hall–Kier alpha value is -2.17. The molecule has 0 unspecified atom stereocenters. The summed E-state index contributed by atoms with van der Waals surface area (Å²) in [7, 11) is 1.81. The van der Waals surface area contributed by atoms with Gasteiger partial charge in [-0.2, -0.15) is 0 Å². The molecule has 0 radical (unpaired) electrons. The SMILES string of the molecule is CC(C)CN(C)C(=O)c1ccc(-n2ccnc2)nc1. The Kier molecular flexibility index (Phi) is 3.94. The van der Waals surface area contributed by atoms with Crippen LogP contribution in [0, 0.1) is 5.92 Å². The standard InChI is InChI=1S/C14H18N4O/c1-11(2)9-17(3)14(19)12-4-5-13(16-8-12)18-7-6-15-10-18/h4-8,10-11H,9H2,1-3H3. The van der Waals surface area contributed by atoms with Gasteiger partial charge in [-0.15, -0.1) is 0 Å². The zero-order chi connectivity index (χ0) is 13.8. The van der Waals surface area contributed by atoms with Crippen molar-refractivity contribution in [2.75, 3.05) is 13.6 Å². The minimum Gasteiger partial charge on any atom is -0.341 e. The molecule has 0 atom stereocenters. The van der Waals surface area contributed by atoms with Gasteiger partial charge in [-0.25, -0.2) is 9.97 Å². The van der Waals surface area contributed by atoms with Crippen molar-refractivity contribution in [2.45, 2.75) is 13.8 Å². The number of carbonyl (C=O) groups excluding carboxylic acids is 1. The van der Waals surface area contributed by atoms with Gasteiger partial charge >= 0.3 is 0 Å². The fourth-order valence-corrected chi connectivity index (χ4v) is 1.91. The first-order valence-corrected chi connectivity index (χ1v) is 6.28. The van der Waals surface area contributed by atoms with Gasteiger partial charge in [0.2, 0.25) is 0 Å². The molecule has 0 aliphatic carbocycles. The predicted molar refractivity (Wildman–Crippen MR) is 73.2 cm³/mol. The molecule has 2 heterocycles. The molecule has 100 valence electrons. The van der Waals surface area contributed by atoms with Gasteiger partial charge in [0.25, 0.3) is 5.91 Å². The van der Waals surface area contributed by atoms with Crippen LogP contribution in [0.1, 0.15) is 24.2 Å². The second-order valence-corrected chi connectivity index (χ2v) is 4.95. The maximum Gasteiger partial charge on any atom is 0.255 e. The third-order valence-electron chi connectivity index (χ3n) is 2.75. The Bertz CT molecular complexity index is 531. The van der Waals surface area contributed by atoms with Crippen molar-refractivity contribution in [1.82, 2.24) is 19.4 Å². The molecule has 0 fully saturated rings. The van der Waals surface area contributed by atoms with Crippen LogP contribution in [-0.4, -0.2) is 38.9 Å². The maximum absolute atomic E-state index is 12.1. The predicted octanol–water partition coefficient (Wildman–Crippen LogP) is 2.00. The molecule has 0 aliphatic heterocycles. The third kappa shape index (κ3) is 3.19. The van der Waals surface area contributed by atoms with Gasteiger partial charge in [0, 0.05) is 32.2 Å². The van der Waals surface area contributed by atoms with Crippen LogP contribution in [-0.2, 0) is 0 Å². The highest BCUT2D eigenvalue weighted by Gasteiger charge is 2.13. The molecule has 0 spiro atoms. The molecule has 19 heavy (non-hydrogen) atoms. The average Bonchev–Trinajstić information content (AvgIpc) is 2.91. The molecule has 1 amide bonds. The van der Waals surface area contributed by atoms with Crippen molar-refractivity contribution in [1.29, 1.82) is 0 Å². The Morgan fingerprint density at radius 1 is 1.42 bits per heavy atom. The van der Waals surface area contributed by atoms with E-state index >= 15 is 0 Å². The summed E-state index contributed by atoms with van der Waals surface area (Å²) < 4.78 is 1.80. The lowest BCUT2D eigenvalue weighted by Gasteiger charge is -2.19. The smallest absolute Gasteiger partial charge is 0.255 e. The van der Waals surface area contributed by atoms with E-state index in [9.17, 15) is 4.79 Å². The summed E-state index contributed by atoms with van der Waals surface area (Å²) in [5.41, 5.74) is 0.604. The summed E-state index contributed by atoms with van der Waals surface area (Å²) in [4.78, 5) is 22.1. The van der Waals surface area contributed by atoms with Crippen LogP contribution in [0.4, 0.5) is 0 Å². The molecule has 0 aliphatic rings. The quantitative estimate of drug-likeness (QED) is 0.842. The second kappa shape index (κ2) is 5.65. The largest absolute Gasteiger partial charge is 0.341 e. The van der Waals surface area contributed by atoms with Gasteiger partial charge in [-0.3, -0.25) is 9.36 Å². The molecule has 5 nitrogen and oxygen atoms in total. The van der Waals surface area contributed by atoms with Crippen LogP contribution >= 0.6 is 0 Å². The molecule has 2 aromatic rings. The summed E-state index contributed by atoms with van der Waals surface area (Å²) in [5.74, 6) is 1.20. The Labute approximate surface area is 112 Å². The molecular formula is C14H18N4O. The number of rotatable bonds is 4. The molecule has 0 aromatic carbocycles. The lowest BCUT2D eigenvalue weighted by molar-refractivity contribution is 0.0779. The van der Waals surface area contributed by atoms with Crippen LogP contribution in [0.3, 0.4) is 0 Å². The molecule has 0 N–H and O–H groups in total. The number of amides is 1. The molecule has 2 aromatic heterocycles. The fourth-order valence-electron chi connectivity index (χ4n) is 1.91. The Morgan fingerprint density at radius 2 is 2.21 bits per heavy atom. The van der Waals surface area contributed by atoms with E-state index in [1.807, 2.05) is 19.3 Å². The highest BCUT2D eigenvalue weighted by molar-refractivity contribution is 5.93. The summed E-state index contributed by atoms with van der Waals surface area (Å²) in [5, 5.41) is 0. The molecule has 5 heteroatoms. The van der Waals surface area contributed by atoms with Crippen molar-refractivity contribution in [3.05, 3.63) is 42.6 Å². The summed E-state index contributed by atoms with van der Waals surface area (Å²) >= 11 is 0. The molecular weight excluding hydrogens is 240 g/mol. The Morgan fingerprint density at radius 3 is 2.74 bits per heavy atom. The van der Waals surface area contributed by atoms with E-state index in [0.29, 0.717) is 11.5 Å². The third-order valence-corrected chi connectivity index (χ3v) is 2.75. The first-order chi connectivity index (χ1) is 9.08. The van der Waals surface area contributed by atoms with E-state index in [2.05, 4.69) is 23.8 Å². The number of imidazole rings is 1. The number of aromatic nitrogens is 3. The first kappa shape index (κ1) is 13.3. The minimum atomic E-state index is -0.00150. The molecule has 0 saturated carbocycles. The molecule has 2 rings (SSSR count). The van der Waals surface area contributed by atoms with E-state index < -0.39 is 0 Å². The monoisotopic (exact) mass is 258 g/mol. The first-order valence-electron chi connectivity index (χ1n) is 6.28. The van der Waals surface area contributed by atoms with Crippen LogP contribution in [0.15, 0.2) is 37.1 Å². The lowest BCUT2D eigenvalue weighted by Crippen LogP contribution is -2.30. The van der Waals surface area contributed by atoms with Crippen LogP contribution in [0.2, 0.25) is 0 Å². The van der Waals surface area contributed by atoms with Gasteiger partial charge in [0.15, 0.2) is 0 Å². The number of carbonyl (C=O) groups is 1. The maximum atomic E-state index is 12.1. The van der Waals surface area contributed by atoms with Gasteiger partial charge in [0.1, 0.15) is 12.1 Å². The number of hydrogen-bond acceptors (Lipinski definition) is 3. The zero-order valence-electron chi connectivity index (χ0n) is 11.4. The zero-order valence-corrected chi connectivity index (χ0v) is 11.4. The fraction of sp³-hybridized carbons (Fsp3) is 0.357. The van der Waals surface area contributed by atoms with Crippen molar-refractivity contribution >= 4 is 5.91 Å². The topological polar surface area (TPSA) is 51.0 Å². The van der Waals surface area contributed by atoms with Crippen molar-refractivity contribution in [2.24, 2.45) is 5.92 Å². The van der Waals surface area contributed by atoms with Crippen LogP contribution < -0.4 is 0 Å². The minimum absolute atomic E-state index is 0.00150. The van der Waals surface area contributed by atoms with Crippen LogP contribution in [0.25, 0.3) is 5.82 Å². The van der Waals surface area contributed by atoms with Gasteiger partial charge in [0.05, 0.1) is 5.56 Å². The van der Waals surface area contributed by atoms with Gasteiger partial charge in [-0.1, -0.05) is 13.8 Å². The van der Waals surface area contributed by atoms with Gasteiger partial charge < -0.3 is 4.90 Å². The van der Waals surface area contributed by atoms with Crippen molar-refractivity contribution in [3.8, 4) is 5.82 Å². The van der Waals surface area contributed by atoms with Crippen LogP contribution in [0.5, 0.6) is 0 Å². The number of nitrogens with zero attached hydrogens (tertiary/aromatic N) is 4. The summed E-state index contributed by atoms with van der Waals surface area (Å²) in [6.07, 6.45) is 6.79. The van der Waals surface area contributed by atoms with E-state index in [1.54, 1.807) is 34.3 Å². The van der Waals surface area contributed by atoms with E-state index in [-0.39, 0.29) is 5.91 Å². The second-order valence-electron chi connectivity index (χ2n) is 4.95. The summed E-state index contributed by atoms with van der Waals surface area (Å²) in [6.45, 7) is 4.91. The summed E-state index contributed by atoms with van der Waals surface area (Å²) in [6, 6.07) is 3.61. The van der Waals surface area contributed by atoms with Crippen molar-refractivity contribution in [3.63, 3.8) is 0 Å². The van der Waals surface area contributed by atoms with Crippen molar-refractivity contribution < 1.29 is 4.79 Å². The molecule has 0 saturated heterocycles. The van der Waals surface area contributed by atoms with E-state index in [0.717, 1.165) is 12.4 Å². The van der Waals surface area contributed by atoms with E-state index in [4.69, 9.17) is 0 Å².